The molecule has 3 rings (SSSR count). The molecule has 220 valence electrons. The summed E-state index contributed by atoms with van der Waals surface area (Å²) in [5, 5.41) is 3.45. The Labute approximate surface area is 247 Å². The number of carbonyl (C=O) groups excluding carboxylic acids is 2. The molecule has 0 unspecified atom stereocenters. The largest absolute Gasteiger partial charge is 0.352 e. The Morgan fingerprint density at radius 2 is 1.61 bits per heavy atom. The first-order valence-corrected chi connectivity index (χ1v) is 15.8. The third-order valence-corrected chi connectivity index (χ3v) is 8.28. The SMILES string of the molecule is CC[C@@H](C)NC(=O)[C@H](Cc1ccccc1)N(Cc1ccccc1F)C(=O)CCCN(c1ccc(Cl)cc1)S(C)(=O)=O. The zero-order valence-electron chi connectivity index (χ0n) is 23.6. The van der Waals surface area contributed by atoms with Gasteiger partial charge in [-0.05, 0) is 55.7 Å². The van der Waals surface area contributed by atoms with Crippen LogP contribution in [0.1, 0.15) is 44.2 Å². The molecule has 0 saturated heterocycles. The number of rotatable bonds is 14. The van der Waals surface area contributed by atoms with Crippen molar-refractivity contribution in [3.05, 3.63) is 101 Å². The quantitative estimate of drug-likeness (QED) is 0.261. The second-order valence-electron chi connectivity index (χ2n) is 10.1. The van der Waals surface area contributed by atoms with Crippen LogP contribution in [-0.2, 0) is 32.6 Å². The minimum absolute atomic E-state index is 0.0438. The van der Waals surface area contributed by atoms with Gasteiger partial charge in [-0.25, -0.2) is 12.8 Å². The van der Waals surface area contributed by atoms with Crippen LogP contribution in [0.3, 0.4) is 0 Å². The Hall–Kier alpha value is -3.43. The van der Waals surface area contributed by atoms with Gasteiger partial charge in [0.15, 0.2) is 0 Å². The van der Waals surface area contributed by atoms with Gasteiger partial charge in [0.05, 0.1) is 11.9 Å². The normalized spacial score (nSPS) is 12.8. The van der Waals surface area contributed by atoms with Crippen molar-refractivity contribution in [2.45, 2.75) is 58.2 Å². The minimum atomic E-state index is -3.64. The maximum absolute atomic E-state index is 14.8. The van der Waals surface area contributed by atoms with Crippen molar-refractivity contribution in [3.8, 4) is 0 Å². The summed E-state index contributed by atoms with van der Waals surface area (Å²) < 4.78 is 41.1. The molecule has 0 spiro atoms. The molecule has 3 aromatic rings. The van der Waals surface area contributed by atoms with Crippen molar-refractivity contribution in [1.82, 2.24) is 10.2 Å². The van der Waals surface area contributed by atoms with E-state index in [0.717, 1.165) is 11.8 Å². The number of hydrogen-bond donors (Lipinski definition) is 1. The van der Waals surface area contributed by atoms with Gasteiger partial charge in [0.1, 0.15) is 11.9 Å². The number of nitrogens with zero attached hydrogens (tertiary/aromatic N) is 2. The van der Waals surface area contributed by atoms with Gasteiger partial charge in [0.25, 0.3) is 0 Å². The van der Waals surface area contributed by atoms with Crippen molar-refractivity contribution in [2.75, 3.05) is 17.1 Å². The van der Waals surface area contributed by atoms with E-state index in [0.29, 0.717) is 17.1 Å². The monoisotopic (exact) mass is 601 g/mol. The lowest BCUT2D eigenvalue weighted by molar-refractivity contribution is -0.141. The molecule has 0 aliphatic carbocycles. The molecule has 41 heavy (non-hydrogen) atoms. The Bertz CT molecular complexity index is 1400. The zero-order chi connectivity index (χ0) is 30.0. The molecule has 0 aliphatic heterocycles. The highest BCUT2D eigenvalue weighted by Gasteiger charge is 2.31. The summed E-state index contributed by atoms with van der Waals surface area (Å²) in [5.74, 6) is -1.18. The first-order chi connectivity index (χ1) is 19.5. The minimum Gasteiger partial charge on any atom is -0.352 e. The molecule has 0 fully saturated rings. The third kappa shape index (κ3) is 9.57. The number of hydrogen-bond acceptors (Lipinski definition) is 4. The van der Waals surface area contributed by atoms with Crippen LogP contribution in [0.5, 0.6) is 0 Å². The van der Waals surface area contributed by atoms with Crippen LogP contribution < -0.4 is 9.62 Å². The predicted molar refractivity (Wildman–Crippen MR) is 162 cm³/mol. The second kappa shape index (κ2) is 15.0. The summed E-state index contributed by atoms with van der Waals surface area (Å²) in [6, 6.07) is 20.9. The zero-order valence-corrected chi connectivity index (χ0v) is 25.2. The van der Waals surface area contributed by atoms with Crippen molar-refractivity contribution >= 4 is 39.1 Å². The molecule has 0 aromatic heterocycles. The molecule has 0 aliphatic rings. The van der Waals surface area contributed by atoms with Gasteiger partial charge in [-0.1, -0.05) is 67.1 Å². The highest BCUT2D eigenvalue weighted by Crippen LogP contribution is 2.22. The number of sulfonamides is 1. The molecule has 2 amide bonds. The van der Waals surface area contributed by atoms with E-state index in [9.17, 15) is 22.4 Å². The van der Waals surface area contributed by atoms with Crippen molar-refractivity contribution in [3.63, 3.8) is 0 Å². The third-order valence-electron chi connectivity index (χ3n) is 6.84. The lowest BCUT2D eigenvalue weighted by Crippen LogP contribution is -2.52. The van der Waals surface area contributed by atoms with Gasteiger partial charge in [-0.3, -0.25) is 13.9 Å². The standard InChI is InChI=1S/C31H37ClFN3O4S/c1-4-23(2)34-31(38)29(21-24-11-6-5-7-12-24)35(22-25-13-8-9-14-28(25)33)30(37)15-10-20-36(41(3,39)40)27-18-16-26(32)17-19-27/h5-9,11-14,16-19,23,29H,4,10,15,20-22H2,1-3H3,(H,34,38)/t23-,29+/m1/s1. The van der Waals surface area contributed by atoms with E-state index in [-0.39, 0.29) is 55.8 Å². The Morgan fingerprint density at radius 3 is 2.22 bits per heavy atom. The van der Waals surface area contributed by atoms with E-state index in [1.54, 1.807) is 42.5 Å². The van der Waals surface area contributed by atoms with E-state index in [4.69, 9.17) is 11.6 Å². The Kier molecular flexibility index (Phi) is 11.7. The predicted octanol–water partition coefficient (Wildman–Crippen LogP) is 5.58. The van der Waals surface area contributed by atoms with Gasteiger partial charge >= 0.3 is 0 Å². The van der Waals surface area contributed by atoms with Gasteiger partial charge < -0.3 is 10.2 Å². The molecule has 3 aromatic carbocycles. The van der Waals surface area contributed by atoms with Crippen LogP contribution >= 0.6 is 11.6 Å². The highest BCUT2D eigenvalue weighted by atomic mass is 35.5. The summed E-state index contributed by atoms with van der Waals surface area (Å²) in [7, 11) is -3.64. The van der Waals surface area contributed by atoms with Crippen LogP contribution in [0.25, 0.3) is 0 Å². The molecule has 0 radical (unpaired) electrons. The number of nitrogens with one attached hydrogen (secondary N) is 1. The van der Waals surface area contributed by atoms with Crippen LogP contribution in [0.2, 0.25) is 5.02 Å². The first kappa shape index (κ1) is 32.1. The van der Waals surface area contributed by atoms with Crippen LogP contribution in [-0.4, -0.2) is 50.0 Å². The number of benzene rings is 3. The van der Waals surface area contributed by atoms with E-state index in [1.807, 2.05) is 44.2 Å². The van der Waals surface area contributed by atoms with E-state index in [1.165, 1.54) is 15.3 Å². The van der Waals surface area contributed by atoms with E-state index < -0.39 is 21.9 Å². The molecule has 10 heteroatoms. The first-order valence-electron chi connectivity index (χ1n) is 13.6. The van der Waals surface area contributed by atoms with E-state index >= 15 is 0 Å². The molecule has 7 nitrogen and oxygen atoms in total. The van der Waals surface area contributed by atoms with Crippen LogP contribution in [0, 0.1) is 5.82 Å². The fraction of sp³-hybridized carbons (Fsp3) is 0.355. The summed E-state index contributed by atoms with van der Waals surface area (Å²) in [6.07, 6.45) is 2.19. The topological polar surface area (TPSA) is 86.8 Å². The molecule has 2 atom stereocenters. The van der Waals surface area contributed by atoms with Crippen LogP contribution in [0.4, 0.5) is 10.1 Å². The summed E-state index contributed by atoms with van der Waals surface area (Å²) in [5.41, 5.74) is 1.57. The number of halogens is 2. The fourth-order valence-electron chi connectivity index (χ4n) is 4.42. The Morgan fingerprint density at radius 1 is 0.976 bits per heavy atom. The Balaban J connectivity index is 1.89. The van der Waals surface area contributed by atoms with Crippen molar-refractivity contribution in [2.24, 2.45) is 0 Å². The molecule has 0 saturated carbocycles. The van der Waals surface area contributed by atoms with Crippen molar-refractivity contribution in [1.29, 1.82) is 0 Å². The smallest absolute Gasteiger partial charge is 0.243 e. The van der Waals surface area contributed by atoms with Gasteiger partial charge in [0.2, 0.25) is 21.8 Å². The lowest BCUT2D eigenvalue weighted by atomic mass is 10.0. The lowest BCUT2D eigenvalue weighted by Gasteiger charge is -2.32. The summed E-state index contributed by atoms with van der Waals surface area (Å²) in [4.78, 5) is 28.8. The molecular formula is C31H37ClFN3O4S. The van der Waals surface area contributed by atoms with Gasteiger partial charge in [0, 0.05) is 42.6 Å². The number of anilines is 1. The van der Waals surface area contributed by atoms with Gasteiger partial charge in [-0.15, -0.1) is 0 Å². The van der Waals surface area contributed by atoms with E-state index in [2.05, 4.69) is 5.32 Å². The second-order valence-corrected chi connectivity index (χ2v) is 12.4. The average molecular weight is 602 g/mol. The van der Waals surface area contributed by atoms with Crippen LogP contribution in [0.15, 0.2) is 78.9 Å². The maximum atomic E-state index is 14.8. The molecule has 1 N–H and O–H groups in total. The fourth-order valence-corrected chi connectivity index (χ4v) is 5.51. The highest BCUT2D eigenvalue weighted by molar-refractivity contribution is 7.92. The molecule has 0 heterocycles. The number of carbonyl (C=O) groups is 2. The van der Waals surface area contributed by atoms with Crippen molar-refractivity contribution < 1.29 is 22.4 Å². The summed E-state index contributed by atoms with van der Waals surface area (Å²) >= 11 is 5.97. The molecular weight excluding hydrogens is 565 g/mol. The number of amides is 2. The average Bonchev–Trinajstić information content (AvgIpc) is 2.94. The molecule has 0 bridgehead atoms. The maximum Gasteiger partial charge on any atom is 0.243 e. The van der Waals surface area contributed by atoms with Gasteiger partial charge in [-0.2, -0.15) is 0 Å². The summed E-state index contributed by atoms with van der Waals surface area (Å²) in [6.45, 7) is 3.77.